The van der Waals surface area contributed by atoms with E-state index in [1.807, 2.05) is 0 Å². The summed E-state index contributed by atoms with van der Waals surface area (Å²) in [4.78, 5) is 2.34. The van der Waals surface area contributed by atoms with Gasteiger partial charge in [0.2, 0.25) is 0 Å². The number of benzene rings is 10. The number of anilines is 3. The van der Waals surface area contributed by atoms with Crippen molar-refractivity contribution in [2.75, 3.05) is 4.90 Å². The molecule has 0 fully saturated rings. The molecule has 2 nitrogen and oxygen atoms in total. The van der Waals surface area contributed by atoms with Gasteiger partial charge >= 0.3 is 0 Å². The smallest absolute Gasteiger partial charge is 0.0619 e. The summed E-state index contributed by atoms with van der Waals surface area (Å²) in [5, 5.41) is 2.49. The van der Waals surface area contributed by atoms with Gasteiger partial charge in [0.25, 0.3) is 0 Å². The van der Waals surface area contributed by atoms with E-state index in [1.165, 1.54) is 66.3 Å². The number of aromatic nitrogens is 1. The molecule has 2 heteroatoms. The minimum Gasteiger partial charge on any atom is -0.311 e. The summed E-state index contributed by atoms with van der Waals surface area (Å²) in [6, 6.07) is 91.9. The molecule has 0 unspecified atom stereocenters. The standard InChI is InChI=1S/C60H42N2/c1-4-14-43(15-5-1)46-26-28-50(29-27-46)56-23-13-24-58-57-22-10-11-25-59(57)62(60(56)58)55-21-12-20-51(42-55)49-34-40-54(41-35-49)61(52-36-30-47(31-37-52)44-16-6-2-7-17-44)53-38-32-48(33-39-53)45-18-8-3-9-19-45/h1-42H. The second-order valence-corrected chi connectivity index (χ2v) is 15.8. The molecule has 0 amide bonds. The fraction of sp³-hybridized carbons (Fsp3) is 0. The lowest BCUT2D eigenvalue weighted by molar-refractivity contribution is 1.18. The molecule has 0 aliphatic carbocycles. The van der Waals surface area contributed by atoms with Crippen molar-refractivity contribution in [2.24, 2.45) is 0 Å². The Morgan fingerprint density at radius 3 is 1.15 bits per heavy atom. The highest BCUT2D eigenvalue weighted by molar-refractivity contribution is 6.14. The van der Waals surface area contributed by atoms with Gasteiger partial charge in [-0.25, -0.2) is 0 Å². The van der Waals surface area contributed by atoms with Gasteiger partial charge in [0.05, 0.1) is 11.0 Å². The maximum absolute atomic E-state index is 2.45. The predicted molar refractivity (Wildman–Crippen MR) is 263 cm³/mol. The first-order valence-electron chi connectivity index (χ1n) is 21.3. The molecular weight excluding hydrogens is 749 g/mol. The Morgan fingerprint density at radius 2 is 0.629 bits per heavy atom. The Labute approximate surface area is 362 Å². The molecule has 292 valence electrons. The van der Waals surface area contributed by atoms with E-state index in [4.69, 9.17) is 0 Å². The van der Waals surface area contributed by atoms with Crippen molar-refractivity contribution in [1.82, 2.24) is 4.57 Å². The Bertz CT molecular complexity index is 3190. The van der Waals surface area contributed by atoms with E-state index in [-0.39, 0.29) is 0 Å². The van der Waals surface area contributed by atoms with E-state index < -0.39 is 0 Å². The lowest BCUT2D eigenvalue weighted by atomic mass is 9.98. The van der Waals surface area contributed by atoms with Crippen LogP contribution in [0.5, 0.6) is 0 Å². The molecule has 0 saturated heterocycles. The van der Waals surface area contributed by atoms with Crippen LogP contribution in [0.25, 0.3) is 83.1 Å². The summed E-state index contributed by atoms with van der Waals surface area (Å²) in [5.41, 5.74) is 18.8. The molecule has 0 saturated carbocycles. The van der Waals surface area contributed by atoms with Crippen molar-refractivity contribution < 1.29 is 0 Å². The number of fused-ring (bicyclic) bond motifs is 3. The first-order chi connectivity index (χ1) is 30.7. The second-order valence-electron chi connectivity index (χ2n) is 15.8. The van der Waals surface area contributed by atoms with Gasteiger partial charge in [-0.05, 0) is 105 Å². The van der Waals surface area contributed by atoms with E-state index in [0.717, 1.165) is 33.9 Å². The van der Waals surface area contributed by atoms with E-state index >= 15 is 0 Å². The van der Waals surface area contributed by atoms with Gasteiger partial charge in [0.15, 0.2) is 0 Å². The third-order valence-corrected chi connectivity index (χ3v) is 12.0. The number of para-hydroxylation sites is 2. The summed E-state index contributed by atoms with van der Waals surface area (Å²) < 4.78 is 2.45. The fourth-order valence-electron chi connectivity index (χ4n) is 8.93. The van der Waals surface area contributed by atoms with E-state index in [2.05, 4.69) is 264 Å². The second kappa shape index (κ2) is 16.1. The summed E-state index contributed by atoms with van der Waals surface area (Å²) in [7, 11) is 0. The van der Waals surface area contributed by atoms with Crippen LogP contribution in [-0.2, 0) is 0 Å². The average Bonchev–Trinajstić information content (AvgIpc) is 3.70. The summed E-state index contributed by atoms with van der Waals surface area (Å²) in [6.45, 7) is 0. The van der Waals surface area contributed by atoms with Gasteiger partial charge in [-0.3, -0.25) is 0 Å². The molecule has 1 heterocycles. The first-order valence-corrected chi connectivity index (χ1v) is 21.3. The monoisotopic (exact) mass is 790 g/mol. The first kappa shape index (κ1) is 36.8. The third kappa shape index (κ3) is 6.94. The lowest BCUT2D eigenvalue weighted by Crippen LogP contribution is -2.09. The molecule has 0 N–H and O–H groups in total. The highest BCUT2D eigenvalue weighted by atomic mass is 15.1. The van der Waals surface area contributed by atoms with Crippen LogP contribution in [0.3, 0.4) is 0 Å². The molecule has 11 rings (SSSR count). The summed E-state index contributed by atoms with van der Waals surface area (Å²) >= 11 is 0. The maximum atomic E-state index is 2.45. The highest BCUT2D eigenvalue weighted by Crippen LogP contribution is 2.41. The van der Waals surface area contributed by atoms with Crippen LogP contribution in [0.1, 0.15) is 0 Å². The van der Waals surface area contributed by atoms with Crippen molar-refractivity contribution in [3.8, 4) is 61.3 Å². The van der Waals surface area contributed by atoms with Crippen molar-refractivity contribution in [1.29, 1.82) is 0 Å². The molecular formula is C60H42N2. The van der Waals surface area contributed by atoms with Gasteiger partial charge in [-0.2, -0.15) is 0 Å². The zero-order chi connectivity index (χ0) is 41.2. The van der Waals surface area contributed by atoms with Gasteiger partial charge in [-0.15, -0.1) is 0 Å². The lowest BCUT2D eigenvalue weighted by Gasteiger charge is -2.26. The molecule has 0 aliphatic rings. The van der Waals surface area contributed by atoms with E-state index in [1.54, 1.807) is 0 Å². The van der Waals surface area contributed by atoms with Gasteiger partial charge in [0, 0.05) is 39.1 Å². The largest absolute Gasteiger partial charge is 0.311 e. The minimum absolute atomic E-state index is 1.09. The number of nitrogens with zero attached hydrogens (tertiary/aromatic N) is 2. The predicted octanol–water partition coefficient (Wildman–Crippen LogP) is 16.6. The zero-order valence-corrected chi connectivity index (χ0v) is 34.1. The normalized spacial score (nSPS) is 11.2. The Balaban J connectivity index is 0.970. The van der Waals surface area contributed by atoms with Crippen molar-refractivity contribution >= 4 is 38.9 Å². The van der Waals surface area contributed by atoms with Crippen molar-refractivity contribution in [3.63, 3.8) is 0 Å². The molecule has 0 bridgehead atoms. The summed E-state index contributed by atoms with van der Waals surface area (Å²) in [6.07, 6.45) is 0. The maximum Gasteiger partial charge on any atom is 0.0619 e. The van der Waals surface area contributed by atoms with Crippen LogP contribution in [0, 0.1) is 0 Å². The molecule has 1 aromatic heterocycles. The van der Waals surface area contributed by atoms with Crippen LogP contribution < -0.4 is 4.90 Å². The fourth-order valence-corrected chi connectivity index (χ4v) is 8.93. The highest BCUT2D eigenvalue weighted by Gasteiger charge is 2.18. The Morgan fingerprint density at radius 1 is 0.258 bits per heavy atom. The third-order valence-electron chi connectivity index (χ3n) is 12.0. The molecule has 0 spiro atoms. The molecule has 0 radical (unpaired) electrons. The number of hydrogen-bond donors (Lipinski definition) is 0. The van der Waals surface area contributed by atoms with Crippen LogP contribution in [0.15, 0.2) is 255 Å². The van der Waals surface area contributed by atoms with E-state index in [9.17, 15) is 0 Å². The Hall–Kier alpha value is -8.20. The Kier molecular flexibility index (Phi) is 9.57. The van der Waals surface area contributed by atoms with Crippen LogP contribution in [-0.4, -0.2) is 4.57 Å². The number of hydrogen-bond acceptors (Lipinski definition) is 1. The van der Waals surface area contributed by atoms with Gasteiger partial charge < -0.3 is 9.47 Å². The summed E-state index contributed by atoms with van der Waals surface area (Å²) in [5.74, 6) is 0. The molecule has 11 aromatic rings. The molecule has 0 aliphatic heterocycles. The SMILES string of the molecule is c1ccc(-c2ccc(-c3cccc4c5ccccc5n(-c5cccc(-c6ccc(N(c7ccc(-c8ccccc8)cc7)c7ccc(-c8ccccc8)cc7)cc6)c5)c34)cc2)cc1. The van der Waals surface area contributed by atoms with Crippen LogP contribution in [0.2, 0.25) is 0 Å². The zero-order valence-electron chi connectivity index (χ0n) is 34.1. The van der Waals surface area contributed by atoms with Gasteiger partial charge in [-0.1, -0.05) is 200 Å². The van der Waals surface area contributed by atoms with E-state index in [0.29, 0.717) is 0 Å². The molecule has 62 heavy (non-hydrogen) atoms. The molecule has 0 atom stereocenters. The van der Waals surface area contributed by atoms with Crippen LogP contribution in [0.4, 0.5) is 17.1 Å². The topological polar surface area (TPSA) is 8.17 Å². The molecule has 10 aromatic carbocycles. The van der Waals surface area contributed by atoms with Gasteiger partial charge in [0.1, 0.15) is 0 Å². The quantitative estimate of drug-likeness (QED) is 0.141. The number of rotatable bonds is 9. The van der Waals surface area contributed by atoms with Crippen LogP contribution >= 0.6 is 0 Å². The average molecular weight is 791 g/mol. The van der Waals surface area contributed by atoms with Crippen molar-refractivity contribution in [2.45, 2.75) is 0 Å². The minimum atomic E-state index is 1.09. The van der Waals surface area contributed by atoms with Crippen molar-refractivity contribution in [3.05, 3.63) is 255 Å².